The fourth-order valence-electron chi connectivity index (χ4n) is 4.13. The minimum absolute atomic E-state index is 0.0606. The third kappa shape index (κ3) is 4.18. The molecule has 4 aromatic carbocycles. The van der Waals surface area contributed by atoms with Crippen molar-refractivity contribution in [3.05, 3.63) is 130 Å². The van der Waals surface area contributed by atoms with E-state index in [4.69, 9.17) is 9.57 Å². The normalized spacial score (nSPS) is 10.8. The first-order valence-electron chi connectivity index (χ1n) is 11.3. The first-order valence-corrected chi connectivity index (χ1v) is 11.3. The molecule has 0 spiro atoms. The van der Waals surface area contributed by atoms with Crippen molar-refractivity contribution in [1.82, 2.24) is 4.73 Å². The lowest BCUT2D eigenvalue weighted by Gasteiger charge is -2.15. The Morgan fingerprint density at radius 1 is 0.806 bits per heavy atom. The molecule has 178 valence electrons. The van der Waals surface area contributed by atoms with Crippen molar-refractivity contribution in [1.29, 1.82) is 0 Å². The van der Waals surface area contributed by atoms with Crippen molar-refractivity contribution in [2.75, 3.05) is 7.11 Å². The zero-order valence-electron chi connectivity index (χ0n) is 19.5. The summed E-state index contributed by atoms with van der Waals surface area (Å²) in [5.41, 5.74) is 3.28. The van der Waals surface area contributed by atoms with Gasteiger partial charge in [-0.2, -0.15) is 4.73 Å². The number of hydrogen-bond donors (Lipinski definition) is 0. The lowest BCUT2D eigenvalue weighted by atomic mass is 10.0. The lowest BCUT2D eigenvalue weighted by molar-refractivity contribution is -0.566. The van der Waals surface area contributed by atoms with Gasteiger partial charge >= 0.3 is 11.5 Å². The summed E-state index contributed by atoms with van der Waals surface area (Å²) in [6.45, 7) is -0.0789. The quantitative estimate of drug-likeness (QED) is 0.205. The van der Waals surface area contributed by atoms with E-state index in [1.807, 2.05) is 42.5 Å². The SMILES string of the molecule is COC(=O)c1ccccc1COn1c(=O)c(-c2ccc(-c3ccccc3)cc2)[n+]([O-])c2ccccc21. The molecule has 0 N–H and O–H groups in total. The molecule has 36 heavy (non-hydrogen) atoms. The predicted octanol–water partition coefficient (Wildman–Crippen LogP) is 4.38. The highest BCUT2D eigenvalue weighted by Gasteiger charge is 2.24. The van der Waals surface area contributed by atoms with Gasteiger partial charge < -0.3 is 14.8 Å². The summed E-state index contributed by atoms with van der Waals surface area (Å²) in [5.74, 6) is -0.504. The van der Waals surface area contributed by atoms with Gasteiger partial charge in [-0.15, -0.1) is 4.73 Å². The largest absolute Gasteiger partial charge is 0.618 e. The third-order valence-electron chi connectivity index (χ3n) is 5.95. The number of methoxy groups -OCH3 is 1. The van der Waals surface area contributed by atoms with Gasteiger partial charge in [0.15, 0.2) is 5.52 Å². The van der Waals surface area contributed by atoms with E-state index in [2.05, 4.69) is 0 Å². The Kier molecular flexibility index (Phi) is 6.19. The highest BCUT2D eigenvalue weighted by atomic mass is 16.7. The summed E-state index contributed by atoms with van der Waals surface area (Å²) < 4.78 is 6.60. The van der Waals surface area contributed by atoms with Gasteiger partial charge in [0.2, 0.25) is 5.52 Å². The Labute approximate surface area is 206 Å². The first-order chi connectivity index (χ1) is 17.6. The van der Waals surface area contributed by atoms with Gasteiger partial charge in [-0.1, -0.05) is 72.8 Å². The van der Waals surface area contributed by atoms with Gasteiger partial charge in [-0.25, -0.2) is 4.79 Å². The predicted molar refractivity (Wildman–Crippen MR) is 136 cm³/mol. The van der Waals surface area contributed by atoms with E-state index in [0.717, 1.165) is 15.9 Å². The van der Waals surface area contributed by atoms with Crippen LogP contribution in [0, 0.1) is 5.21 Å². The molecule has 1 aromatic heterocycles. The molecule has 5 aromatic rings. The molecule has 1 heterocycles. The van der Waals surface area contributed by atoms with Crippen LogP contribution in [0.4, 0.5) is 0 Å². The van der Waals surface area contributed by atoms with Crippen LogP contribution in [0.5, 0.6) is 0 Å². The molecule has 7 nitrogen and oxygen atoms in total. The average Bonchev–Trinajstić information content (AvgIpc) is 2.93. The number of aromatic nitrogens is 2. The Morgan fingerprint density at radius 3 is 2.17 bits per heavy atom. The molecule has 5 rings (SSSR count). The van der Waals surface area contributed by atoms with Crippen LogP contribution in [0.2, 0.25) is 0 Å². The van der Waals surface area contributed by atoms with Crippen LogP contribution in [0.3, 0.4) is 0 Å². The minimum atomic E-state index is -0.605. The van der Waals surface area contributed by atoms with Crippen LogP contribution < -0.4 is 15.1 Å². The molecule has 0 unspecified atom stereocenters. The van der Waals surface area contributed by atoms with Crippen molar-refractivity contribution in [3.8, 4) is 22.4 Å². The van der Waals surface area contributed by atoms with Crippen LogP contribution in [0.1, 0.15) is 15.9 Å². The van der Waals surface area contributed by atoms with Gasteiger partial charge in [-0.3, -0.25) is 4.79 Å². The Balaban J connectivity index is 1.59. The number of ether oxygens (including phenoxy) is 1. The van der Waals surface area contributed by atoms with Gasteiger partial charge in [0.05, 0.1) is 18.2 Å². The topological polar surface area (TPSA) is 84.5 Å². The van der Waals surface area contributed by atoms with E-state index in [1.54, 1.807) is 60.7 Å². The number of fused-ring (bicyclic) bond motifs is 1. The Morgan fingerprint density at radius 2 is 1.42 bits per heavy atom. The van der Waals surface area contributed by atoms with E-state index in [9.17, 15) is 14.8 Å². The second kappa shape index (κ2) is 9.76. The molecule has 0 amide bonds. The van der Waals surface area contributed by atoms with E-state index in [0.29, 0.717) is 26.9 Å². The second-order valence-electron chi connectivity index (χ2n) is 8.10. The molecule has 0 aliphatic carbocycles. The maximum atomic E-state index is 13.6. The molecule has 7 heteroatoms. The van der Waals surface area contributed by atoms with Crippen molar-refractivity contribution >= 4 is 17.0 Å². The molecular formula is C29H22N2O5. The summed E-state index contributed by atoms with van der Waals surface area (Å²) in [4.78, 5) is 31.7. The number of para-hydroxylation sites is 2. The van der Waals surface area contributed by atoms with Gasteiger partial charge in [0.1, 0.15) is 6.61 Å². The standard InChI is InChI=1S/C29H22N2O5/c1-35-29(33)24-12-6-5-11-23(24)19-36-31-26-14-8-7-13-25(26)30(34)27(28(31)32)22-17-15-21(16-18-22)20-9-3-2-4-10-20/h2-18H,19H2,1H3. The number of hydrogen-bond acceptors (Lipinski definition) is 5. The molecular weight excluding hydrogens is 456 g/mol. The van der Waals surface area contributed by atoms with E-state index in [1.165, 1.54) is 7.11 Å². The number of carbonyl (C=O) groups is 1. The fraction of sp³-hybridized carbons (Fsp3) is 0.0690. The summed E-state index contributed by atoms with van der Waals surface area (Å²) in [6, 6.07) is 30.6. The summed E-state index contributed by atoms with van der Waals surface area (Å²) in [6.07, 6.45) is 0. The number of benzene rings is 4. The summed E-state index contributed by atoms with van der Waals surface area (Å²) >= 11 is 0. The highest BCUT2D eigenvalue weighted by molar-refractivity contribution is 5.90. The lowest BCUT2D eigenvalue weighted by Crippen LogP contribution is -2.42. The fourth-order valence-corrected chi connectivity index (χ4v) is 4.13. The maximum absolute atomic E-state index is 13.6. The summed E-state index contributed by atoms with van der Waals surface area (Å²) in [7, 11) is 1.30. The Bertz CT molecular complexity index is 1610. The average molecular weight is 479 g/mol. The van der Waals surface area contributed by atoms with Crippen LogP contribution in [0.25, 0.3) is 33.4 Å². The molecule has 0 aliphatic heterocycles. The zero-order chi connectivity index (χ0) is 25.1. The number of nitrogens with zero attached hydrogens (tertiary/aromatic N) is 2. The van der Waals surface area contributed by atoms with Gasteiger partial charge in [0.25, 0.3) is 5.69 Å². The highest BCUT2D eigenvalue weighted by Crippen LogP contribution is 2.23. The van der Waals surface area contributed by atoms with E-state index < -0.39 is 11.5 Å². The monoisotopic (exact) mass is 478 g/mol. The van der Waals surface area contributed by atoms with Crippen molar-refractivity contribution < 1.29 is 19.1 Å². The van der Waals surface area contributed by atoms with Gasteiger partial charge in [0, 0.05) is 11.6 Å². The van der Waals surface area contributed by atoms with Crippen LogP contribution in [0.15, 0.2) is 108 Å². The summed E-state index contributed by atoms with van der Waals surface area (Å²) in [5, 5.41) is 13.3. The van der Waals surface area contributed by atoms with Crippen molar-refractivity contribution in [3.63, 3.8) is 0 Å². The smallest absolute Gasteiger partial charge is 0.357 e. The third-order valence-corrected chi connectivity index (χ3v) is 5.95. The number of esters is 1. The molecule has 0 aliphatic rings. The molecule has 0 saturated heterocycles. The maximum Gasteiger partial charge on any atom is 0.357 e. The van der Waals surface area contributed by atoms with Crippen LogP contribution in [-0.4, -0.2) is 17.8 Å². The second-order valence-corrected chi connectivity index (χ2v) is 8.10. The zero-order valence-corrected chi connectivity index (χ0v) is 19.5. The minimum Gasteiger partial charge on any atom is -0.618 e. The molecule has 0 saturated carbocycles. The van der Waals surface area contributed by atoms with Crippen molar-refractivity contribution in [2.45, 2.75) is 6.61 Å². The molecule has 0 fully saturated rings. The number of rotatable bonds is 6. The Hall–Kier alpha value is -4.91. The van der Waals surface area contributed by atoms with Crippen molar-refractivity contribution in [2.24, 2.45) is 0 Å². The van der Waals surface area contributed by atoms with Gasteiger partial charge in [-0.05, 0) is 35.4 Å². The van der Waals surface area contributed by atoms with Crippen LogP contribution >= 0.6 is 0 Å². The molecule has 0 bridgehead atoms. The molecule has 0 radical (unpaired) electrons. The first kappa shape index (κ1) is 22.9. The van der Waals surface area contributed by atoms with Crippen LogP contribution in [-0.2, 0) is 11.3 Å². The van der Waals surface area contributed by atoms with E-state index >= 15 is 0 Å². The van der Waals surface area contributed by atoms with E-state index in [-0.39, 0.29) is 17.8 Å². The molecule has 0 atom stereocenters. The number of carbonyl (C=O) groups excluding carboxylic acids is 1.